The van der Waals surface area contributed by atoms with Crippen molar-refractivity contribution in [3.05, 3.63) is 47.6 Å². The van der Waals surface area contributed by atoms with Gasteiger partial charge >= 0.3 is 0 Å². The van der Waals surface area contributed by atoms with Crippen molar-refractivity contribution in [1.82, 2.24) is 0 Å². The second-order valence-corrected chi connectivity index (χ2v) is 3.83. The number of allylic oxidation sites excluding steroid dienone is 8. The van der Waals surface area contributed by atoms with Crippen molar-refractivity contribution in [3.8, 4) is 0 Å². The molecule has 1 atom stereocenters. The topological polar surface area (TPSA) is 0 Å². The second kappa shape index (κ2) is 3.78. The van der Waals surface area contributed by atoms with E-state index in [0.717, 1.165) is 0 Å². The molecule has 0 N–H and O–H groups in total. The maximum Gasteiger partial charge on any atom is 0.00526 e. The van der Waals surface area contributed by atoms with Crippen LogP contribution in [0.5, 0.6) is 0 Å². The monoisotopic (exact) mass is 172 g/mol. The van der Waals surface area contributed by atoms with Crippen LogP contribution in [0.2, 0.25) is 0 Å². The molecule has 0 fully saturated rings. The van der Waals surface area contributed by atoms with Crippen LogP contribution in [0.4, 0.5) is 0 Å². The molecule has 68 valence electrons. The van der Waals surface area contributed by atoms with E-state index >= 15 is 0 Å². The molecule has 0 aromatic carbocycles. The molecular weight excluding hydrogens is 156 g/mol. The Hall–Kier alpha value is -1.04. The Labute approximate surface area is 80.3 Å². The highest BCUT2D eigenvalue weighted by molar-refractivity contribution is 5.33. The summed E-state index contributed by atoms with van der Waals surface area (Å²) >= 11 is 0. The molecule has 13 heavy (non-hydrogen) atoms. The van der Waals surface area contributed by atoms with Gasteiger partial charge in [-0.05, 0) is 31.8 Å². The Balaban J connectivity index is 2.08. The van der Waals surface area contributed by atoms with Gasteiger partial charge in [0, 0.05) is 5.92 Å². The van der Waals surface area contributed by atoms with Gasteiger partial charge in [0.05, 0.1) is 0 Å². The minimum Gasteiger partial charge on any atom is -0.0839 e. The van der Waals surface area contributed by atoms with Crippen molar-refractivity contribution in [3.63, 3.8) is 0 Å². The molecule has 0 heterocycles. The molecule has 1 unspecified atom stereocenters. The second-order valence-electron chi connectivity index (χ2n) is 3.83. The first-order valence-electron chi connectivity index (χ1n) is 5.08. The zero-order chi connectivity index (χ0) is 9.10. The summed E-state index contributed by atoms with van der Waals surface area (Å²) < 4.78 is 0. The van der Waals surface area contributed by atoms with Gasteiger partial charge in [-0.1, -0.05) is 42.0 Å². The highest BCUT2D eigenvalue weighted by atomic mass is 14.2. The molecule has 0 spiro atoms. The van der Waals surface area contributed by atoms with Crippen LogP contribution in [-0.4, -0.2) is 0 Å². The fraction of sp³-hybridized carbons (Fsp3) is 0.385. The first kappa shape index (κ1) is 8.55. The molecule has 2 aliphatic rings. The van der Waals surface area contributed by atoms with E-state index in [1.54, 1.807) is 0 Å². The summed E-state index contributed by atoms with van der Waals surface area (Å²) in [6.45, 7) is 2.16. The van der Waals surface area contributed by atoms with E-state index in [9.17, 15) is 0 Å². The maximum atomic E-state index is 2.38. The standard InChI is InChI=1S/C13H16/c1-11-7-9-13(10-8-11)12-5-3-2-4-6-12/h3,5-9,13H,2,4,10H2,1H3. The van der Waals surface area contributed by atoms with Crippen LogP contribution in [0, 0.1) is 5.92 Å². The normalized spacial score (nSPS) is 27.0. The van der Waals surface area contributed by atoms with E-state index in [1.165, 1.54) is 30.4 Å². The molecule has 0 radical (unpaired) electrons. The molecule has 0 amide bonds. The lowest BCUT2D eigenvalue weighted by atomic mass is 9.87. The summed E-state index contributed by atoms with van der Waals surface area (Å²) in [5.41, 5.74) is 2.91. The van der Waals surface area contributed by atoms with Crippen LogP contribution >= 0.6 is 0 Å². The molecule has 0 aromatic heterocycles. The molecular formula is C13H16. The summed E-state index contributed by atoms with van der Waals surface area (Å²) in [5.74, 6) is 0.639. The average Bonchev–Trinajstić information content (AvgIpc) is 2.20. The predicted molar refractivity (Wildman–Crippen MR) is 57.5 cm³/mol. The molecule has 0 saturated heterocycles. The van der Waals surface area contributed by atoms with Gasteiger partial charge in [0.15, 0.2) is 0 Å². The van der Waals surface area contributed by atoms with Crippen LogP contribution in [0.1, 0.15) is 26.2 Å². The van der Waals surface area contributed by atoms with Crippen LogP contribution in [0.15, 0.2) is 47.6 Å². The lowest BCUT2D eigenvalue weighted by molar-refractivity contribution is 0.764. The van der Waals surface area contributed by atoms with E-state index in [0.29, 0.717) is 5.92 Å². The lowest BCUT2D eigenvalue weighted by Gasteiger charge is -2.18. The number of hydrogen-bond donors (Lipinski definition) is 0. The van der Waals surface area contributed by atoms with Crippen molar-refractivity contribution in [2.24, 2.45) is 5.92 Å². The molecule has 0 heteroatoms. The molecule has 0 nitrogen and oxygen atoms in total. The third-order valence-electron chi connectivity index (χ3n) is 2.74. The van der Waals surface area contributed by atoms with Crippen LogP contribution in [0.3, 0.4) is 0 Å². The quantitative estimate of drug-likeness (QED) is 0.564. The maximum absolute atomic E-state index is 2.38. The summed E-state index contributed by atoms with van der Waals surface area (Å²) in [5, 5.41) is 0. The highest BCUT2D eigenvalue weighted by Crippen LogP contribution is 2.26. The fourth-order valence-electron chi connectivity index (χ4n) is 1.88. The Morgan fingerprint density at radius 3 is 2.69 bits per heavy atom. The van der Waals surface area contributed by atoms with Crippen LogP contribution in [-0.2, 0) is 0 Å². The van der Waals surface area contributed by atoms with Crippen molar-refractivity contribution in [2.45, 2.75) is 26.2 Å². The van der Waals surface area contributed by atoms with Gasteiger partial charge in [-0.3, -0.25) is 0 Å². The summed E-state index contributed by atoms with van der Waals surface area (Å²) in [6, 6.07) is 0. The van der Waals surface area contributed by atoms with E-state index in [1.807, 2.05) is 0 Å². The summed E-state index contributed by atoms with van der Waals surface area (Å²) in [6.07, 6.45) is 17.5. The first-order chi connectivity index (χ1) is 6.36. The van der Waals surface area contributed by atoms with Gasteiger partial charge < -0.3 is 0 Å². The van der Waals surface area contributed by atoms with Gasteiger partial charge in [0.1, 0.15) is 0 Å². The van der Waals surface area contributed by atoms with E-state index in [2.05, 4.69) is 43.4 Å². The van der Waals surface area contributed by atoms with E-state index in [-0.39, 0.29) is 0 Å². The van der Waals surface area contributed by atoms with Crippen molar-refractivity contribution < 1.29 is 0 Å². The third-order valence-corrected chi connectivity index (χ3v) is 2.74. The van der Waals surface area contributed by atoms with Crippen LogP contribution < -0.4 is 0 Å². The molecule has 0 saturated carbocycles. The Kier molecular flexibility index (Phi) is 2.49. The first-order valence-corrected chi connectivity index (χ1v) is 5.08. The Morgan fingerprint density at radius 2 is 2.08 bits per heavy atom. The fourth-order valence-corrected chi connectivity index (χ4v) is 1.88. The zero-order valence-electron chi connectivity index (χ0n) is 8.16. The largest absolute Gasteiger partial charge is 0.0839 e. The van der Waals surface area contributed by atoms with Gasteiger partial charge in [0.25, 0.3) is 0 Å². The SMILES string of the molecule is CC1=CCC(C2=CCCC=C2)C=C1. The molecule has 0 aromatic rings. The van der Waals surface area contributed by atoms with Crippen molar-refractivity contribution in [1.29, 1.82) is 0 Å². The average molecular weight is 172 g/mol. The smallest absolute Gasteiger partial charge is 0.00526 e. The van der Waals surface area contributed by atoms with E-state index < -0.39 is 0 Å². The Bertz CT molecular complexity index is 300. The predicted octanol–water partition coefficient (Wildman–Crippen LogP) is 3.79. The van der Waals surface area contributed by atoms with Gasteiger partial charge in [-0.2, -0.15) is 0 Å². The van der Waals surface area contributed by atoms with Crippen molar-refractivity contribution in [2.75, 3.05) is 0 Å². The molecule has 2 rings (SSSR count). The number of rotatable bonds is 1. The van der Waals surface area contributed by atoms with Gasteiger partial charge in [-0.25, -0.2) is 0 Å². The minimum atomic E-state index is 0.639. The van der Waals surface area contributed by atoms with Crippen molar-refractivity contribution >= 4 is 0 Å². The van der Waals surface area contributed by atoms with Gasteiger partial charge in [-0.15, -0.1) is 0 Å². The third kappa shape index (κ3) is 2.00. The zero-order valence-corrected chi connectivity index (χ0v) is 8.16. The molecule has 0 aliphatic heterocycles. The number of hydrogen-bond acceptors (Lipinski definition) is 0. The van der Waals surface area contributed by atoms with Crippen LogP contribution in [0.25, 0.3) is 0 Å². The minimum absolute atomic E-state index is 0.639. The highest BCUT2D eigenvalue weighted by Gasteiger charge is 2.11. The van der Waals surface area contributed by atoms with Gasteiger partial charge in [0.2, 0.25) is 0 Å². The molecule has 0 bridgehead atoms. The lowest BCUT2D eigenvalue weighted by Crippen LogP contribution is -2.03. The summed E-state index contributed by atoms with van der Waals surface area (Å²) in [7, 11) is 0. The molecule has 2 aliphatic carbocycles. The summed E-state index contributed by atoms with van der Waals surface area (Å²) in [4.78, 5) is 0. The Morgan fingerprint density at radius 1 is 1.15 bits per heavy atom. The van der Waals surface area contributed by atoms with E-state index in [4.69, 9.17) is 0 Å².